The second-order valence-electron chi connectivity index (χ2n) is 7.95. The van der Waals surface area contributed by atoms with E-state index in [1.807, 2.05) is 68.4 Å². The van der Waals surface area contributed by atoms with Gasteiger partial charge in [0.25, 0.3) is 0 Å². The van der Waals surface area contributed by atoms with Crippen LogP contribution in [0.25, 0.3) is 11.3 Å². The maximum Gasteiger partial charge on any atom is 0.231 e. The van der Waals surface area contributed by atoms with Crippen LogP contribution in [0.3, 0.4) is 0 Å². The molecular weight excluding hydrogens is 436 g/mol. The quantitative estimate of drug-likeness (QED) is 0.249. The van der Waals surface area contributed by atoms with Crippen molar-refractivity contribution in [2.45, 2.75) is 25.5 Å². The van der Waals surface area contributed by atoms with Crippen molar-refractivity contribution in [1.82, 2.24) is 14.2 Å². The van der Waals surface area contributed by atoms with Crippen molar-refractivity contribution in [3.63, 3.8) is 0 Å². The van der Waals surface area contributed by atoms with Crippen LogP contribution in [-0.2, 0) is 6.54 Å². The number of imidazole rings is 1. The molecule has 0 spiro atoms. The summed E-state index contributed by atoms with van der Waals surface area (Å²) in [5.41, 5.74) is 5.56. The van der Waals surface area contributed by atoms with Gasteiger partial charge in [0.2, 0.25) is 6.79 Å². The Morgan fingerprint density at radius 2 is 1.88 bits per heavy atom. The number of carbonyl (C=O) groups is 1. The lowest BCUT2D eigenvalue weighted by Gasteiger charge is -2.10. The summed E-state index contributed by atoms with van der Waals surface area (Å²) in [6.07, 6.45) is 1.78. The molecule has 5 rings (SSSR count). The van der Waals surface area contributed by atoms with Crippen molar-refractivity contribution in [3.8, 4) is 22.8 Å². The SMILES string of the molecule is Cc1cc(C(=O)CSc2nc(-c3ccccc3)cn2N)c(C)n1Cc1ccc2c(c1)OCO2. The number of Topliss-reactive ketones (excluding diaryl/α,β-unsaturated/α-hetero) is 1. The average molecular weight is 461 g/mol. The van der Waals surface area contributed by atoms with Crippen LogP contribution >= 0.6 is 11.8 Å². The van der Waals surface area contributed by atoms with E-state index in [0.717, 1.165) is 45.3 Å². The first-order chi connectivity index (χ1) is 16.0. The number of hydrogen-bond donors (Lipinski definition) is 1. The zero-order valence-electron chi connectivity index (χ0n) is 18.4. The molecule has 3 heterocycles. The highest BCUT2D eigenvalue weighted by Gasteiger charge is 2.19. The predicted octanol–water partition coefficient (Wildman–Crippen LogP) is 4.43. The van der Waals surface area contributed by atoms with Crippen molar-refractivity contribution < 1.29 is 14.3 Å². The number of nitrogens with zero attached hydrogens (tertiary/aromatic N) is 3. The van der Waals surface area contributed by atoms with Gasteiger partial charge in [-0.3, -0.25) is 4.79 Å². The number of carbonyl (C=O) groups excluding carboxylic acids is 1. The predicted molar refractivity (Wildman–Crippen MR) is 128 cm³/mol. The smallest absolute Gasteiger partial charge is 0.231 e. The van der Waals surface area contributed by atoms with Crippen LogP contribution in [0.1, 0.15) is 27.3 Å². The van der Waals surface area contributed by atoms with E-state index in [0.29, 0.717) is 11.7 Å². The van der Waals surface area contributed by atoms with Crippen LogP contribution in [0.4, 0.5) is 0 Å². The monoisotopic (exact) mass is 460 g/mol. The van der Waals surface area contributed by atoms with Gasteiger partial charge >= 0.3 is 0 Å². The van der Waals surface area contributed by atoms with Crippen molar-refractivity contribution >= 4 is 17.5 Å². The number of hydrogen-bond acceptors (Lipinski definition) is 6. The number of benzene rings is 2. The van der Waals surface area contributed by atoms with E-state index in [2.05, 4.69) is 9.55 Å². The molecule has 4 aromatic rings. The Labute approximate surface area is 196 Å². The number of rotatable bonds is 7. The molecular formula is C25H24N4O3S. The summed E-state index contributed by atoms with van der Waals surface area (Å²) < 4.78 is 14.5. The molecule has 2 aromatic heterocycles. The molecule has 0 atom stereocenters. The van der Waals surface area contributed by atoms with Crippen molar-refractivity contribution in [2.75, 3.05) is 18.4 Å². The molecule has 2 aromatic carbocycles. The van der Waals surface area contributed by atoms with Crippen molar-refractivity contribution in [2.24, 2.45) is 0 Å². The van der Waals surface area contributed by atoms with Gasteiger partial charge in [0.15, 0.2) is 22.4 Å². The lowest BCUT2D eigenvalue weighted by Crippen LogP contribution is -2.10. The number of thioether (sulfide) groups is 1. The number of fused-ring (bicyclic) bond motifs is 1. The third-order valence-electron chi connectivity index (χ3n) is 5.75. The Kier molecular flexibility index (Phi) is 5.60. The number of ketones is 1. The van der Waals surface area contributed by atoms with E-state index in [1.54, 1.807) is 6.20 Å². The Morgan fingerprint density at radius 1 is 1.09 bits per heavy atom. The summed E-state index contributed by atoms with van der Waals surface area (Å²) in [6.45, 7) is 4.91. The first-order valence-electron chi connectivity index (χ1n) is 10.6. The van der Waals surface area contributed by atoms with E-state index in [4.69, 9.17) is 15.3 Å². The first kappa shape index (κ1) is 21.2. The van der Waals surface area contributed by atoms with Crippen LogP contribution in [0.2, 0.25) is 0 Å². The second-order valence-corrected chi connectivity index (χ2v) is 8.89. The maximum absolute atomic E-state index is 13.0. The van der Waals surface area contributed by atoms with Gasteiger partial charge in [-0.15, -0.1) is 0 Å². The van der Waals surface area contributed by atoms with Gasteiger partial charge in [-0.25, -0.2) is 9.66 Å². The lowest BCUT2D eigenvalue weighted by atomic mass is 10.1. The fraction of sp³-hybridized carbons (Fsp3) is 0.200. The molecule has 0 aliphatic carbocycles. The molecule has 0 radical (unpaired) electrons. The summed E-state index contributed by atoms with van der Waals surface area (Å²) in [5.74, 6) is 7.92. The minimum atomic E-state index is 0.0503. The molecule has 168 valence electrons. The fourth-order valence-corrected chi connectivity index (χ4v) is 4.77. The molecule has 1 aliphatic rings. The van der Waals surface area contributed by atoms with Gasteiger partial charge in [-0.1, -0.05) is 48.2 Å². The number of aryl methyl sites for hydroxylation is 1. The molecule has 2 N–H and O–H groups in total. The number of ether oxygens (including phenoxy) is 2. The largest absolute Gasteiger partial charge is 0.454 e. The van der Waals surface area contributed by atoms with Gasteiger partial charge in [0, 0.05) is 29.1 Å². The van der Waals surface area contributed by atoms with Crippen molar-refractivity contribution in [3.05, 3.63) is 83.3 Å². The van der Waals surface area contributed by atoms with Crippen LogP contribution in [0.15, 0.2) is 66.0 Å². The van der Waals surface area contributed by atoms with E-state index in [1.165, 1.54) is 16.4 Å². The highest BCUT2D eigenvalue weighted by molar-refractivity contribution is 7.99. The summed E-state index contributed by atoms with van der Waals surface area (Å²) in [6, 6.07) is 17.7. The molecule has 0 unspecified atom stereocenters. The number of aromatic nitrogens is 3. The van der Waals surface area contributed by atoms with Crippen LogP contribution in [0, 0.1) is 13.8 Å². The van der Waals surface area contributed by atoms with Gasteiger partial charge in [0.1, 0.15) is 0 Å². The van der Waals surface area contributed by atoms with Crippen LogP contribution in [0.5, 0.6) is 11.5 Å². The molecule has 0 bridgehead atoms. The second kappa shape index (κ2) is 8.71. The minimum absolute atomic E-state index is 0.0503. The highest BCUT2D eigenvalue weighted by atomic mass is 32.2. The van der Waals surface area contributed by atoms with E-state index in [9.17, 15) is 4.79 Å². The first-order valence-corrected chi connectivity index (χ1v) is 11.6. The molecule has 8 heteroatoms. The van der Waals surface area contributed by atoms with E-state index in [-0.39, 0.29) is 18.3 Å². The van der Waals surface area contributed by atoms with Gasteiger partial charge in [-0.05, 0) is 37.6 Å². The molecule has 0 amide bonds. The molecule has 0 fully saturated rings. The summed E-state index contributed by atoms with van der Waals surface area (Å²) in [5, 5.41) is 0.608. The molecule has 7 nitrogen and oxygen atoms in total. The van der Waals surface area contributed by atoms with E-state index >= 15 is 0 Å². The maximum atomic E-state index is 13.0. The zero-order chi connectivity index (χ0) is 22.9. The highest BCUT2D eigenvalue weighted by Crippen LogP contribution is 2.33. The zero-order valence-corrected chi connectivity index (χ0v) is 19.3. The molecule has 0 saturated heterocycles. The topological polar surface area (TPSA) is 84.3 Å². The standard InChI is InChI=1S/C25H24N4O3S/c1-16-10-20(17(2)28(16)12-18-8-9-23-24(11-18)32-15-31-23)22(30)14-33-25-27-21(13-29(25)26)19-6-4-3-5-7-19/h3-11,13H,12,14-15,26H2,1-2H3. The third-order valence-corrected chi connectivity index (χ3v) is 6.72. The van der Waals surface area contributed by atoms with Crippen LogP contribution < -0.4 is 15.3 Å². The normalized spacial score (nSPS) is 12.3. The fourth-order valence-electron chi connectivity index (χ4n) is 3.99. The third kappa shape index (κ3) is 4.21. The Morgan fingerprint density at radius 3 is 2.70 bits per heavy atom. The lowest BCUT2D eigenvalue weighted by molar-refractivity contribution is 0.102. The Hall–Kier alpha value is -3.65. The van der Waals surface area contributed by atoms with Crippen LogP contribution in [-0.4, -0.2) is 32.6 Å². The molecule has 1 aliphatic heterocycles. The minimum Gasteiger partial charge on any atom is -0.454 e. The van der Waals surface area contributed by atoms with Gasteiger partial charge < -0.3 is 19.9 Å². The summed E-state index contributed by atoms with van der Waals surface area (Å²) in [7, 11) is 0. The average Bonchev–Trinajstić information content (AvgIpc) is 3.51. The van der Waals surface area contributed by atoms with Gasteiger partial charge in [0.05, 0.1) is 17.6 Å². The number of nitrogen functional groups attached to an aromatic ring is 1. The van der Waals surface area contributed by atoms with Gasteiger partial charge in [-0.2, -0.15) is 0 Å². The Bertz CT molecular complexity index is 1330. The molecule has 0 saturated carbocycles. The number of nitrogens with two attached hydrogens (primary N) is 1. The molecule has 33 heavy (non-hydrogen) atoms. The summed E-state index contributed by atoms with van der Waals surface area (Å²) >= 11 is 1.34. The summed E-state index contributed by atoms with van der Waals surface area (Å²) in [4.78, 5) is 17.6. The van der Waals surface area contributed by atoms with E-state index < -0.39 is 0 Å². The van der Waals surface area contributed by atoms with Crippen molar-refractivity contribution in [1.29, 1.82) is 0 Å². The Balaban J connectivity index is 1.29.